The van der Waals surface area contributed by atoms with Crippen molar-refractivity contribution in [2.75, 3.05) is 0 Å². The quantitative estimate of drug-likeness (QED) is 0.639. The Kier molecular flexibility index (Phi) is 4.95. The summed E-state index contributed by atoms with van der Waals surface area (Å²) in [5.74, 6) is -1.43. The largest absolute Gasteiger partial charge is 0.367 e. The molecule has 0 heterocycles. The molecule has 1 aliphatic rings. The van der Waals surface area contributed by atoms with Gasteiger partial charge in [-0.15, -0.1) is 0 Å². The number of halogens is 2. The Morgan fingerprint density at radius 3 is 2.41 bits per heavy atom. The van der Waals surface area contributed by atoms with Crippen molar-refractivity contribution in [3.63, 3.8) is 0 Å². The highest BCUT2D eigenvalue weighted by Crippen LogP contribution is 2.59. The van der Waals surface area contributed by atoms with Gasteiger partial charge in [0.2, 0.25) is 11.7 Å². The fourth-order valence-electron chi connectivity index (χ4n) is 2.68. The van der Waals surface area contributed by atoms with Gasteiger partial charge < -0.3 is 10.4 Å². The van der Waals surface area contributed by atoms with Crippen molar-refractivity contribution in [2.24, 2.45) is 17.3 Å². The lowest BCUT2D eigenvalue weighted by Gasteiger charge is -2.12. The lowest BCUT2D eigenvalue weighted by molar-refractivity contribution is -0.125. The molecule has 2 N–H and O–H groups in total. The third-order valence-corrected chi connectivity index (χ3v) is 4.34. The van der Waals surface area contributed by atoms with E-state index in [1.54, 1.807) is 36.4 Å². The number of hydrogen-bond donors (Lipinski definition) is 2. The summed E-state index contributed by atoms with van der Waals surface area (Å²) in [6, 6.07) is 8.31. The van der Waals surface area contributed by atoms with Crippen LogP contribution < -0.4 is 5.32 Å². The summed E-state index contributed by atoms with van der Waals surface area (Å²) in [6.07, 6.45) is 0.0427. The minimum Gasteiger partial charge on any atom is -0.367 e. The molecule has 0 spiro atoms. The van der Waals surface area contributed by atoms with Crippen LogP contribution in [0.25, 0.3) is 0 Å². The molecule has 3 atom stereocenters. The van der Waals surface area contributed by atoms with Crippen LogP contribution >= 0.6 is 23.2 Å². The molecular formula is C16H17Cl2NO3. The Balaban J connectivity index is 2.01. The molecule has 0 aliphatic heterocycles. The Hall–Kier alpha value is -1.36. The van der Waals surface area contributed by atoms with Crippen molar-refractivity contribution in [3.05, 3.63) is 46.5 Å². The van der Waals surface area contributed by atoms with Gasteiger partial charge in [0.25, 0.3) is 0 Å². The zero-order chi connectivity index (χ0) is 16.5. The number of Topliss-reactive ketones (excluding diaryl/α,β-unsaturated/α-hetero) is 1. The van der Waals surface area contributed by atoms with Crippen molar-refractivity contribution in [2.45, 2.75) is 20.1 Å². The van der Waals surface area contributed by atoms with Gasteiger partial charge in [0.1, 0.15) is 4.49 Å². The number of hydrogen-bond acceptors (Lipinski definition) is 3. The minimum absolute atomic E-state index is 0.106. The molecule has 6 heteroatoms. The van der Waals surface area contributed by atoms with Crippen LogP contribution in [-0.4, -0.2) is 23.0 Å². The van der Waals surface area contributed by atoms with E-state index >= 15 is 0 Å². The summed E-state index contributed by atoms with van der Waals surface area (Å²) < 4.78 is 0.106. The number of aliphatic hydroxyl groups is 1. The number of ketones is 1. The molecule has 22 heavy (non-hydrogen) atoms. The molecule has 1 fully saturated rings. The van der Waals surface area contributed by atoms with E-state index in [1.165, 1.54) is 0 Å². The number of carbonyl (C=O) groups is 2. The summed E-state index contributed by atoms with van der Waals surface area (Å²) in [7, 11) is 0. The summed E-state index contributed by atoms with van der Waals surface area (Å²) in [5.41, 5.74) is 0.0276. The number of rotatable bonds is 5. The topological polar surface area (TPSA) is 66.4 Å². The van der Waals surface area contributed by atoms with Gasteiger partial charge in [-0.25, -0.2) is 0 Å². The molecular weight excluding hydrogens is 325 g/mol. The molecule has 0 unspecified atom stereocenters. The molecule has 118 valence electrons. The van der Waals surface area contributed by atoms with Crippen LogP contribution in [0, 0.1) is 17.3 Å². The molecule has 1 aromatic rings. The Labute approximate surface area is 139 Å². The summed E-state index contributed by atoms with van der Waals surface area (Å²) in [5, 5.41) is 12.3. The van der Waals surface area contributed by atoms with Crippen molar-refractivity contribution in [1.29, 1.82) is 0 Å². The molecule has 1 aliphatic carbocycles. The second kappa shape index (κ2) is 6.41. The predicted octanol–water partition coefficient (Wildman–Crippen LogP) is 2.90. The average molecular weight is 342 g/mol. The Morgan fingerprint density at radius 2 is 1.86 bits per heavy atom. The zero-order valence-corrected chi connectivity index (χ0v) is 13.7. The standard InChI is InChI=1S/C16H17Cl2NO3/c1-16(2)10(8-11(17)18)12(16)14(21)19-15(22)13(20)9-6-4-3-5-7-9/h3-8,10,12,15,22H,1-2H3,(H,19,21)/t10-,12+,15+/m1/s1. The average Bonchev–Trinajstić information content (AvgIpc) is 2.99. The normalized spacial score (nSPS) is 23.3. The maximum Gasteiger partial charge on any atom is 0.226 e. The van der Waals surface area contributed by atoms with Crippen LogP contribution in [0.15, 0.2) is 40.9 Å². The first-order valence-corrected chi connectivity index (χ1v) is 7.61. The van der Waals surface area contributed by atoms with Crippen molar-refractivity contribution >= 4 is 34.9 Å². The second-order valence-electron chi connectivity index (χ2n) is 5.92. The molecule has 1 amide bonds. The van der Waals surface area contributed by atoms with Gasteiger partial charge in [-0.05, 0) is 17.4 Å². The van der Waals surface area contributed by atoms with Crippen LogP contribution in [0.4, 0.5) is 0 Å². The van der Waals surface area contributed by atoms with Crippen LogP contribution in [0.2, 0.25) is 0 Å². The van der Waals surface area contributed by atoms with Crippen molar-refractivity contribution in [3.8, 4) is 0 Å². The zero-order valence-electron chi connectivity index (χ0n) is 12.2. The first kappa shape index (κ1) is 17.0. The first-order chi connectivity index (χ1) is 10.2. The van der Waals surface area contributed by atoms with Gasteiger partial charge in [-0.3, -0.25) is 9.59 Å². The fourth-order valence-corrected chi connectivity index (χ4v) is 2.95. The fraction of sp³-hybridized carbons (Fsp3) is 0.375. The van der Waals surface area contributed by atoms with E-state index in [1.807, 2.05) is 13.8 Å². The lowest BCUT2D eigenvalue weighted by atomic mass is 10.1. The van der Waals surface area contributed by atoms with Gasteiger partial charge in [0.15, 0.2) is 6.23 Å². The van der Waals surface area contributed by atoms with Gasteiger partial charge in [0, 0.05) is 5.56 Å². The molecule has 0 aromatic heterocycles. The third kappa shape index (κ3) is 3.51. The number of nitrogens with one attached hydrogen (secondary N) is 1. The molecule has 0 bridgehead atoms. The highest BCUT2D eigenvalue weighted by atomic mass is 35.5. The maximum absolute atomic E-state index is 12.2. The van der Waals surface area contributed by atoms with E-state index in [2.05, 4.69) is 5.32 Å². The monoisotopic (exact) mass is 341 g/mol. The van der Waals surface area contributed by atoms with Crippen LogP contribution in [-0.2, 0) is 4.79 Å². The SMILES string of the molecule is CC1(C)[C@H](C=C(Cl)Cl)[C@H]1C(=O)N[C@@H](O)C(=O)c1ccccc1. The van der Waals surface area contributed by atoms with Gasteiger partial charge in [-0.1, -0.05) is 67.4 Å². The number of carbonyl (C=O) groups excluding carboxylic acids is 2. The van der Waals surface area contributed by atoms with Crippen LogP contribution in [0.1, 0.15) is 24.2 Å². The minimum atomic E-state index is -1.57. The van der Waals surface area contributed by atoms with E-state index in [0.717, 1.165) is 0 Å². The second-order valence-corrected chi connectivity index (χ2v) is 6.93. The third-order valence-electron chi connectivity index (χ3n) is 4.08. The molecule has 0 radical (unpaired) electrons. The number of allylic oxidation sites excluding steroid dienone is 1. The van der Waals surface area contributed by atoms with E-state index in [0.29, 0.717) is 5.56 Å². The van der Waals surface area contributed by atoms with E-state index in [9.17, 15) is 14.7 Å². The molecule has 1 aromatic carbocycles. The first-order valence-electron chi connectivity index (χ1n) is 6.85. The van der Waals surface area contributed by atoms with E-state index in [-0.39, 0.29) is 21.7 Å². The number of aliphatic hydroxyl groups excluding tert-OH is 1. The summed E-state index contributed by atoms with van der Waals surface area (Å²) in [4.78, 5) is 24.2. The lowest BCUT2D eigenvalue weighted by Crippen LogP contribution is -2.42. The Morgan fingerprint density at radius 1 is 1.27 bits per heavy atom. The molecule has 0 saturated heterocycles. The number of benzene rings is 1. The maximum atomic E-state index is 12.2. The Bertz CT molecular complexity index is 609. The van der Waals surface area contributed by atoms with Gasteiger partial charge >= 0.3 is 0 Å². The van der Waals surface area contributed by atoms with Crippen molar-refractivity contribution < 1.29 is 14.7 Å². The number of amides is 1. The van der Waals surface area contributed by atoms with E-state index in [4.69, 9.17) is 23.2 Å². The molecule has 4 nitrogen and oxygen atoms in total. The molecule has 2 rings (SSSR count). The van der Waals surface area contributed by atoms with E-state index < -0.39 is 17.9 Å². The molecule has 1 saturated carbocycles. The van der Waals surface area contributed by atoms with Gasteiger partial charge in [-0.2, -0.15) is 0 Å². The van der Waals surface area contributed by atoms with Crippen LogP contribution in [0.5, 0.6) is 0 Å². The van der Waals surface area contributed by atoms with Crippen molar-refractivity contribution in [1.82, 2.24) is 5.32 Å². The van der Waals surface area contributed by atoms with Gasteiger partial charge in [0.05, 0.1) is 5.92 Å². The highest BCUT2D eigenvalue weighted by Gasteiger charge is 2.60. The van der Waals surface area contributed by atoms with Crippen LogP contribution in [0.3, 0.4) is 0 Å². The summed E-state index contributed by atoms with van der Waals surface area (Å²) >= 11 is 11.3. The predicted molar refractivity (Wildman–Crippen MR) is 85.5 cm³/mol. The summed E-state index contributed by atoms with van der Waals surface area (Å²) in [6.45, 7) is 3.81. The smallest absolute Gasteiger partial charge is 0.226 e. The highest BCUT2D eigenvalue weighted by molar-refractivity contribution is 6.55.